The molecule has 0 aromatic rings. The lowest BCUT2D eigenvalue weighted by atomic mass is 9.64. The maximum absolute atomic E-state index is 12.3. The van der Waals surface area contributed by atoms with Crippen LogP contribution in [0, 0.1) is 11.3 Å². The first-order valence-corrected chi connectivity index (χ1v) is 6.61. The normalized spacial score (nSPS) is 25.8. The van der Waals surface area contributed by atoms with Gasteiger partial charge in [0.05, 0.1) is 11.3 Å². The highest BCUT2D eigenvalue weighted by Crippen LogP contribution is 2.45. The van der Waals surface area contributed by atoms with Gasteiger partial charge in [-0.1, -0.05) is 19.4 Å². The van der Waals surface area contributed by atoms with Gasteiger partial charge in [-0.05, 0) is 26.2 Å². The molecule has 2 atom stereocenters. The highest BCUT2D eigenvalue weighted by Gasteiger charge is 2.51. The largest absolute Gasteiger partial charge is 0.481 e. The van der Waals surface area contributed by atoms with Gasteiger partial charge in [-0.15, -0.1) is 0 Å². The summed E-state index contributed by atoms with van der Waals surface area (Å²) in [7, 11) is 0. The summed E-state index contributed by atoms with van der Waals surface area (Å²) in [5, 5.41) is 18.5. The number of esters is 2. The molecule has 0 heterocycles. The molecular weight excluding hydrogens is 264 g/mol. The van der Waals surface area contributed by atoms with E-state index >= 15 is 0 Å². The molecule has 1 saturated carbocycles. The quantitative estimate of drug-likeness (QED) is 0.448. The molecule has 20 heavy (non-hydrogen) atoms. The zero-order valence-corrected chi connectivity index (χ0v) is 11.6. The van der Waals surface area contributed by atoms with E-state index in [-0.39, 0.29) is 18.6 Å². The number of hydrogen-bond acceptors (Lipinski definition) is 5. The first-order valence-electron chi connectivity index (χ1n) is 6.61. The van der Waals surface area contributed by atoms with Crippen molar-refractivity contribution < 1.29 is 29.3 Å². The third-order valence-corrected chi connectivity index (χ3v) is 3.83. The van der Waals surface area contributed by atoms with E-state index in [4.69, 9.17) is 4.74 Å². The van der Waals surface area contributed by atoms with Crippen LogP contribution in [-0.4, -0.2) is 34.7 Å². The Morgan fingerprint density at radius 3 is 2.50 bits per heavy atom. The van der Waals surface area contributed by atoms with Crippen LogP contribution in [0.2, 0.25) is 0 Å². The fourth-order valence-electron chi connectivity index (χ4n) is 2.72. The van der Waals surface area contributed by atoms with Crippen molar-refractivity contribution in [3.63, 3.8) is 0 Å². The van der Waals surface area contributed by atoms with E-state index in [1.165, 1.54) is 6.92 Å². The van der Waals surface area contributed by atoms with Crippen LogP contribution in [0.1, 0.15) is 39.0 Å². The molecular formula is C14H20O6. The minimum atomic E-state index is -1.33. The smallest absolute Gasteiger partial charge is 0.340 e. The summed E-state index contributed by atoms with van der Waals surface area (Å²) in [5.41, 5.74) is -1.26. The van der Waals surface area contributed by atoms with Gasteiger partial charge in [0, 0.05) is 12.2 Å². The number of rotatable bonds is 5. The number of hydrogen-bond donors (Lipinski definition) is 2. The summed E-state index contributed by atoms with van der Waals surface area (Å²) < 4.78 is 4.74. The lowest BCUT2D eigenvalue weighted by Crippen LogP contribution is -2.47. The van der Waals surface area contributed by atoms with Gasteiger partial charge < -0.3 is 14.9 Å². The van der Waals surface area contributed by atoms with Crippen molar-refractivity contribution in [2.24, 2.45) is 11.3 Å². The molecule has 2 unspecified atom stereocenters. The number of carboxylic acid groups (broad SMARTS) is 1. The fraction of sp³-hybridized carbons (Fsp3) is 0.643. The van der Waals surface area contributed by atoms with Crippen LogP contribution in [0.4, 0.5) is 0 Å². The Kier molecular flexibility index (Phi) is 5.44. The summed E-state index contributed by atoms with van der Waals surface area (Å²) in [6, 6.07) is 0. The second kappa shape index (κ2) is 6.65. The van der Waals surface area contributed by atoms with Crippen molar-refractivity contribution in [3.05, 3.63) is 12.2 Å². The molecule has 0 saturated heterocycles. The molecule has 6 heteroatoms. The Bertz CT molecular complexity index is 423. The molecule has 0 bridgehead atoms. The number of carbonyl (C=O) groups excluding carboxylic acids is 2. The Balaban J connectivity index is 3.05. The molecule has 1 rings (SSSR count). The molecule has 0 spiro atoms. The lowest BCUT2D eigenvalue weighted by Gasteiger charge is -2.39. The van der Waals surface area contributed by atoms with E-state index in [1.807, 2.05) is 0 Å². The van der Waals surface area contributed by atoms with Gasteiger partial charge in [-0.3, -0.25) is 9.59 Å². The average molecular weight is 284 g/mol. The monoisotopic (exact) mass is 284 g/mol. The molecule has 112 valence electrons. The number of aliphatic hydroxyl groups excluding tert-OH is 1. The predicted octanol–water partition coefficient (Wildman–Crippen LogP) is 1.28. The second-order valence-corrected chi connectivity index (χ2v) is 5.22. The van der Waals surface area contributed by atoms with Crippen LogP contribution in [0.25, 0.3) is 0 Å². The number of aliphatic carboxylic acids is 1. The Hall–Kier alpha value is -1.69. The Morgan fingerprint density at radius 1 is 1.35 bits per heavy atom. The van der Waals surface area contributed by atoms with Gasteiger partial charge in [0.1, 0.15) is 0 Å². The summed E-state index contributed by atoms with van der Waals surface area (Å²) in [5.74, 6) is -3.76. The van der Waals surface area contributed by atoms with Gasteiger partial charge >= 0.3 is 17.9 Å². The summed E-state index contributed by atoms with van der Waals surface area (Å²) in [4.78, 5) is 35.1. The first kappa shape index (κ1) is 16.4. The third kappa shape index (κ3) is 3.25. The molecule has 6 nitrogen and oxygen atoms in total. The van der Waals surface area contributed by atoms with E-state index in [1.54, 1.807) is 0 Å². The zero-order chi connectivity index (χ0) is 15.3. The average Bonchev–Trinajstić information content (AvgIpc) is 2.38. The van der Waals surface area contributed by atoms with Crippen molar-refractivity contribution in [1.82, 2.24) is 0 Å². The van der Waals surface area contributed by atoms with Crippen LogP contribution < -0.4 is 0 Å². The minimum absolute atomic E-state index is 0.0216. The Labute approximate surface area is 117 Å². The van der Waals surface area contributed by atoms with E-state index in [0.717, 1.165) is 0 Å². The zero-order valence-electron chi connectivity index (χ0n) is 11.6. The van der Waals surface area contributed by atoms with Crippen LogP contribution in [-0.2, 0) is 19.1 Å². The highest BCUT2D eigenvalue weighted by atomic mass is 16.6. The van der Waals surface area contributed by atoms with Gasteiger partial charge in [0.15, 0.2) is 0 Å². The number of ether oxygens (including phenoxy) is 1. The SMILES string of the molecule is C=C(C)C(=O)OC(=O)C1(CCO)CCCCC1C(=O)O. The van der Waals surface area contributed by atoms with Crippen molar-refractivity contribution in [2.75, 3.05) is 6.61 Å². The number of carbonyl (C=O) groups is 3. The van der Waals surface area contributed by atoms with Gasteiger partial charge in [0.25, 0.3) is 0 Å². The molecule has 0 aromatic heterocycles. The fourth-order valence-corrected chi connectivity index (χ4v) is 2.72. The van der Waals surface area contributed by atoms with E-state index in [9.17, 15) is 24.6 Å². The van der Waals surface area contributed by atoms with Crippen LogP contribution in [0.15, 0.2) is 12.2 Å². The van der Waals surface area contributed by atoms with Crippen molar-refractivity contribution in [2.45, 2.75) is 39.0 Å². The highest BCUT2D eigenvalue weighted by molar-refractivity contribution is 5.98. The first-order chi connectivity index (χ1) is 9.35. The topological polar surface area (TPSA) is 101 Å². The predicted molar refractivity (Wildman–Crippen MR) is 69.6 cm³/mol. The molecule has 0 aliphatic heterocycles. The maximum atomic E-state index is 12.3. The Morgan fingerprint density at radius 2 is 2.00 bits per heavy atom. The third-order valence-electron chi connectivity index (χ3n) is 3.83. The molecule has 2 N–H and O–H groups in total. The van der Waals surface area contributed by atoms with Crippen molar-refractivity contribution in [3.8, 4) is 0 Å². The van der Waals surface area contributed by atoms with Gasteiger partial charge in [-0.2, -0.15) is 0 Å². The van der Waals surface area contributed by atoms with E-state index in [0.29, 0.717) is 25.7 Å². The van der Waals surface area contributed by atoms with Crippen LogP contribution in [0.5, 0.6) is 0 Å². The number of carboxylic acids is 1. The van der Waals surface area contributed by atoms with Gasteiger partial charge in [0.2, 0.25) is 0 Å². The molecule has 1 aliphatic rings. The molecule has 0 aromatic carbocycles. The number of aliphatic hydroxyl groups is 1. The van der Waals surface area contributed by atoms with E-state index < -0.39 is 29.2 Å². The standard InChI is InChI=1S/C14H20O6/c1-9(2)12(18)20-13(19)14(7-8-15)6-4-3-5-10(14)11(16)17/h10,15H,1,3-8H2,2H3,(H,16,17). The summed E-state index contributed by atoms with van der Waals surface area (Å²) >= 11 is 0. The summed E-state index contributed by atoms with van der Waals surface area (Å²) in [6.07, 6.45) is 1.98. The van der Waals surface area contributed by atoms with Gasteiger partial charge in [-0.25, -0.2) is 4.79 Å². The summed E-state index contributed by atoms with van der Waals surface area (Å²) in [6.45, 7) is 4.46. The molecule has 0 amide bonds. The lowest BCUT2D eigenvalue weighted by molar-refractivity contribution is -0.176. The second-order valence-electron chi connectivity index (χ2n) is 5.22. The molecule has 1 aliphatic carbocycles. The van der Waals surface area contributed by atoms with E-state index in [2.05, 4.69) is 6.58 Å². The van der Waals surface area contributed by atoms with Crippen LogP contribution >= 0.6 is 0 Å². The van der Waals surface area contributed by atoms with Crippen LogP contribution in [0.3, 0.4) is 0 Å². The molecule has 0 radical (unpaired) electrons. The van der Waals surface area contributed by atoms with Crippen molar-refractivity contribution >= 4 is 17.9 Å². The maximum Gasteiger partial charge on any atom is 0.340 e. The van der Waals surface area contributed by atoms with Crippen molar-refractivity contribution in [1.29, 1.82) is 0 Å². The molecule has 1 fully saturated rings. The minimum Gasteiger partial charge on any atom is -0.481 e.